The molecule has 0 aliphatic heterocycles. The summed E-state index contributed by atoms with van der Waals surface area (Å²) in [6.45, 7) is 7.78. The summed E-state index contributed by atoms with van der Waals surface area (Å²) in [6.07, 6.45) is 0. The summed E-state index contributed by atoms with van der Waals surface area (Å²) in [4.78, 5) is 73.9. The van der Waals surface area contributed by atoms with E-state index < -0.39 is 77.9 Å². The fourth-order valence-electron chi connectivity index (χ4n) is 3.26. The van der Waals surface area contributed by atoms with Gasteiger partial charge >= 0.3 is 35.8 Å². The van der Waals surface area contributed by atoms with Crippen molar-refractivity contribution in [2.75, 3.05) is 26.4 Å². The second-order valence-electron chi connectivity index (χ2n) is 8.18. The average molecular weight is 555 g/mol. The molecule has 2 N–H and O–H groups in total. The molecule has 0 amide bonds. The van der Waals surface area contributed by atoms with Crippen LogP contribution < -0.4 is 0 Å². The Kier molecular flexibility index (Phi) is 10.9. The highest BCUT2D eigenvalue weighted by atomic mass is 16.6. The minimum Gasteiger partial charge on any atom is -0.478 e. The number of esters is 4. The molecule has 12 nitrogen and oxygen atoms in total. The first kappa shape index (κ1) is 31.0. The van der Waals surface area contributed by atoms with E-state index in [1.807, 2.05) is 0 Å². The van der Waals surface area contributed by atoms with Gasteiger partial charge in [-0.05, 0) is 31.0 Å². The fraction of sp³-hybridized carbons (Fsp3) is 0.214. The van der Waals surface area contributed by atoms with E-state index in [0.29, 0.717) is 0 Å². The first-order valence-electron chi connectivity index (χ1n) is 11.6. The Labute approximate surface area is 228 Å². The number of carboxylic acids is 2. The molecule has 0 spiro atoms. The number of carboxylic acid groups (broad SMARTS) is 2. The molecule has 0 saturated heterocycles. The molecular formula is C28H26O12. The number of ether oxygens (including phenoxy) is 4. The molecule has 12 heteroatoms. The lowest BCUT2D eigenvalue weighted by atomic mass is 9.88. The van der Waals surface area contributed by atoms with Gasteiger partial charge < -0.3 is 29.2 Å². The van der Waals surface area contributed by atoms with E-state index in [1.54, 1.807) is 18.2 Å². The summed E-state index contributed by atoms with van der Waals surface area (Å²) in [6, 6.07) is 8.72. The van der Waals surface area contributed by atoms with Crippen LogP contribution in [0.15, 0.2) is 60.7 Å². The molecular weight excluding hydrogens is 528 g/mol. The summed E-state index contributed by atoms with van der Waals surface area (Å²) in [5.74, 6) is -7.63. The lowest BCUT2D eigenvalue weighted by Crippen LogP contribution is -2.24. The lowest BCUT2D eigenvalue weighted by molar-refractivity contribution is -0.140. The van der Waals surface area contributed by atoms with E-state index in [0.717, 1.165) is 6.07 Å². The van der Waals surface area contributed by atoms with Crippen LogP contribution in [0.4, 0.5) is 0 Å². The topological polar surface area (TPSA) is 180 Å². The van der Waals surface area contributed by atoms with Crippen LogP contribution in [-0.2, 0) is 28.5 Å². The molecule has 0 atom stereocenters. The van der Waals surface area contributed by atoms with Crippen LogP contribution in [0.1, 0.15) is 55.3 Å². The maximum Gasteiger partial charge on any atom is 0.340 e. The van der Waals surface area contributed by atoms with Gasteiger partial charge in [0.2, 0.25) is 0 Å². The minimum atomic E-state index is -1.83. The van der Waals surface area contributed by atoms with Gasteiger partial charge in [-0.25, -0.2) is 28.8 Å². The Bertz CT molecular complexity index is 1370. The third-order valence-corrected chi connectivity index (χ3v) is 5.06. The van der Waals surface area contributed by atoms with E-state index >= 15 is 0 Å². The first-order valence-corrected chi connectivity index (χ1v) is 11.6. The number of carbonyl (C=O) groups excluding carboxylic acids is 4. The Morgan fingerprint density at radius 3 is 1.52 bits per heavy atom. The molecule has 0 fully saturated rings. The molecule has 0 saturated carbocycles. The van der Waals surface area contributed by atoms with E-state index in [4.69, 9.17) is 18.9 Å². The van der Waals surface area contributed by atoms with Gasteiger partial charge in [-0.1, -0.05) is 43.5 Å². The predicted molar refractivity (Wildman–Crippen MR) is 138 cm³/mol. The number of carbonyl (C=O) groups is 6. The van der Waals surface area contributed by atoms with Crippen molar-refractivity contribution in [1.29, 1.82) is 0 Å². The molecule has 0 unspecified atom stereocenters. The smallest absolute Gasteiger partial charge is 0.340 e. The SMILES string of the molecule is C=C(C)C(=O)OCCOC(=O)c1c(-c2ccccc2)cc(C(=O)O)c(C(=O)O)c1C(=O)OCCOC(=O)C(=C)C. The van der Waals surface area contributed by atoms with Gasteiger partial charge in [-0.15, -0.1) is 0 Å². The zero-order valence-corrected chi connectivity index (χ0v) is 21.7. The molecule has 0 radical (unpaired) electrons. The zero-order chi connectivity index (χ0) is 30.0. The Morgan fingerprint density at radius 2 is 1.10 bits per heavy atom. The largest absolute Gasteiger partial charge is 0.478 e. The minimum absolute atomic E-state index is 0.0834. The Balaban J connectivity index is 2.61. The van der Waals surface area contributed by atoms with Crippen molar-refractivity contribution in [2.45, 2.75) is 13.8 Å². The number of aromatic carboxylic acids is 2. The van der Waals surface area contributed by atoms with Crippen molar-refractivity contribution in [2.24, 2.45) is 0 Å². The molecule has 0 aromatic heterocycles. The van der Waals surface area contributed by atoms with Crippen LogP contribution in [0, 0.1) is 0 Å². The number of rotatable bonds is 13. The van der Waals surface area contributed by atoms with Gasteiger partial charge in [0.15, 0.2) is 0 Å². The van der Waals surface area contributed by atoms with Crippen LogP contribution in [0.3, 0.4) is 0 Å². The molecule has 0 heterocycles. The summed E-state index contributed by atoms with van der Waals surface area (Å²) in [5.41, 5.74) is -2.98. The third-order valence-electron chi connectivity index (χ3n) is 5.06. The second-order valence-corrected chi connectivity index (χ2v) is 8.18. The summed E-state index contributed by atoms with van der Waals surface area (Å²) >= 11 is 0. The highest BCUT2D eigenvalue weighted by molar-refractivity contribution is 6.17. The average Bonchev–Trinajstić information content (AvgIpc) is 2.91. The van der Waals surface area contributed by atoms with Gasteiger partial charge in [0.1, 0.15) is 26.4 Å². The first-order chi connectivity index (χ1) is 18.9. The van der Waals surface area contributed by atoms with Crippen LogP contribution in [0.25, 0.3) is 11.1 Å². The lowest BCUT2D eigenvalue weighted by Gasteiger charge is -2.18. The molecule has 0 aliphatic carbocycles. The summed E-state index contributed by atoms with van der Waals surface area (Å²) in [7, 11) is 0. The van der Waals surface area contributed by atoms with Crippen molar-refractivity contribution in [3.63, 3.8) is 0 Å². The standard InChI is InChI=1S/C28H26O12/c1-15(2)25(33)37-10-12-39-27(35)21-18(17-8-6-5-7-9-17)14-19(23(29)30)20(24(31)32)22(21)28(36)40-13-11-38-26(34)16(3)4/h5-9,14H,1,3,10-13H2,2,4H3,(H,29,30)(H,31,32). The number of benzene rings is 2. The van der Waals surface area contributed by atoms with Crippen molar-refractivity contribution < 1.29 is 57.9 Å². The van der Waals surface area contributed by atoms with E-state index in [1.165, 1.54) is 26.0 Å². The third kappa shape index (κ3) is 7.87. The van der Waals surface area contributed by atoms with E-state index in [9.17, 15) is 39.0 Å². The van der Waals surface area contributed by atoms with Gasteiger partial charge in [0, 0.05) is 11.1 Å². The molecule has 210 valence electrons. The van der Waals surface area contributed by atoms with Crippen LogP contribution in [0.5, 0.6) is 0 Å². The summed E-state index contributed by atoms with van der Waals surface area (Å²) < 4.78 is 19.9. The number of hydrogen-bond acceptors (Lipinski definition) is 10. The van der Waals surface area contributed by atoms with Gasteiger partial charge in [-0.3, -0.25) is 0 Å². The van der Waals surface area contributed by atoms with Crippen molar-refractivity contribution in [1.82, 2.24) is 0 Å². The van der Waals surface area contributed by atoms with E-state index in [-0.39, 0.29) is 28.9 Å². The normalized spacial score (nSPS) is 10.2. The van der Waals surface area contributed by atoms with Crippen LogP contribution in [0.2, 0.25) is 0 Å². The van der Waals surface area contributed by atoms with Crippen LogP contribution >= 0.6 is 0 Å². The monoisotopic (exact) mass is 554 g/mol. The maximum atomic E-state index is 13.3. The van der Waals surface area contributed by atoms with Gasteiger partial charge in [-0.2, -0.15) is 0 Å². The molecule has 2 rings (SSSR count). The van der Waals surface area contributed by atoms with Crippen LogP contribution in [-0.4, -0.2) is 72.5 Å². The molecule has 40 heavy (non-hydrogen) atoms. The molecule has 0 aliphatic rings. The molecule has 0 bridgehead atoms. The predicted octanol–water partition coefficient (Wildman–Crippen LogP) is 3.30. The van der Waals surface area contributed by atoms with Gasteiger partial charge in [0.25, 0.3) is 0 Å². The Morgan fingerprint density at radius 1 is 0.650 bits per heavy atom. The van der Waals surface area contributed by atoms with Crippen molar-refractivity contribution >= 4 is 35.8 Å². The molecule has 2 aromatic carbocycles. The maximum absolute atomic E-state index is 13.3. The Hall–Kier alpha value is -5.26. The zero-order valence-electron chi connectivity index (χ0n) is 21.7. The van der Waals surface area contributed by atoms with E-state index in [2.05, 4.69) is 13.2 Å². The fourth-order valence-corrected chi connectivity index (χ4v) is 3.26. The highest BCUT2D eigenvalue weighted by Crippen LogP contribution is 2.33. The van der Waals surface area contributed by atoms with Crippen molar-refractivity contribution in [3.8, 4) is 11.1 Å². The van der Waals surface area contributed by atoms with Gasteiger partial charge in [0.05, 0.1) is 22.3 Å². The quantitative estimate of drug-likeness (QED) is 0.160. The van der Waals surface area contributed by atoms with Crippen molar-refractivity contribution in [3.05, 3.63) is 83.0 Å². The molecule has 2 aromatic rings. The second kappa shape index (κ2) is 14.0. The summed E-state index contributed by atoms with van der Waals surface area (Å²) in [5, 5.41) is 19.6. The number of hydrogen-bond donors (Lipinski definition) is 2. The highest BCUT2D eigenvalue weighted by Gasteiger charge is 2.34.